The maximum Gasteiger partial charge on any atom is 0.253 e. The monoisotopic (exact) mass is 500 g/mol. The Kier molecular flexibility index (Phi) is 9.59. The largest absolute Gasteiger partial charge is 0.352 e. The van der Waals surface area contributed by atoms with Gasteiger partial charge in [-0.15, -0.1) is 24.0 Å². The van der Waals surface area contributed by atoms with Crippen molar-refractivity contribution in [2.45, 2.75) is 13.1 Å². The van der Waals surface area contributed by atoms with Crippen LogP contribution in [0, 0.1) is 0 Å². The van der Waals surface area contributed by atoms with Gasteiger partial charge in [0, 0.05) is 51.9 Å². The van der Waals surface area contributed by atoms with E-state index in [-0.39, 0.29) is 29.9 Å². The second kappa shape index (κ2) is 11.1. The molecule has 146 valence electrons. The third-order valence-electron chi connectivity index (χ3n) is 3.91. The molecule has 2 rings (SSSR count). The van der Waals surface area contributed by atoms with Crippen LogP contribution in [-0.2, 0) is 13.1 Å². The number of carbonyl (C=O) groups excluding carboxylic acids is 1. The van der Waals surface area contributed by atoms with Crippen LogP contribution in [0.25, 0.3) is 0 Å². The lowest BCUT2D eigenvalue weighted by atomic mass is 10.1. The number of carbonyl (C=O) groups is 1. The summed E-state index contributed by atoms with van der Waals surface area (Å²) in [6.07, 6.45) is 0. The molecule has 0 radical (unpaired) electrons. The molecule has 1 amide bonds. The van der Waals surface area contributed by atoms with E-state index in [1.807, 2.05) is 60.5 Å². The van der Waals surface area contributed by atoms with Gasteiger partial charge in [-0.2, -0.15) is 0 Å². The number of guanidine groups is 1. The highest BCUT2D eigenvalue weighted by atomic mass is 127. The molecule has 0 unspecified atom stereocenters. The number of hydrogen-bond acceptors (Lipinski definition) is 2. The Balaban J connectivity index is 0.00000364. The SMILES string of the molecule is CN=C(NCc1cccc(C(=O)N(C)C)c1)N(C)Cc1cccc(Cl)c1.I. The Bertz CT molecular complexity index is 795. The topological polar surface area (TPSA) is 47.9 Å². The standard InChI is InChI=1S/C20H25ClN4O.HI/c1-22-20(25(4)14-16-8-6-10-18(21)12-16)23-13-15-7-5-9-17(11-15)19(26)24(2)3;/h5-12H,13-14H2,1-4H3,(H,22,23);1H. The summed E-state index contributed by atoms with van der Waals surface area (Å²) in [5.74, 6) is 0.767. The quantitative estimate of drug-likeness (QED) is 0.385. The van der Waals surface area contributed by atoms with Crippen molar-refractivity contribution in [1.29, 1.82) is 0 Å². The van der Waals surface area contributed by atoms with Gasteiger partial charge in [0.25, 0.3) is 5.91 Å². The van der Waals surface area contributed by atoms with Gasteiger partial charge in [0.2, 0.25) is 0 Å². The fraction of sp³-hybridized carbons (Fsp3) is 0.300. The van der Waals surface area contributed by atoms with E-state index in [1.54, 1.807) is 26.0 Å². The molecule has 0 atom stereocenters. The first-order valence-electron chi connectivity index (χ1n) is 8.37. The molecule has 0 fully saturated rings. The summed E-state index contributed by atoms with van der Waals surface area (Å²) >= 11 is 6.05. The molecule has 7 heteroatoms. The van der Waals surface area contributed by atoms with E-state index >= 15 is 0 Å². The van der Waals surface area contributed by atoms with Crippen LogP contribution in [0.1, 0.15) is 21.5 Å². The number of nitrogens with zero attached hydrogens (tertiary/aromatic N) is 3. The van der Waals surface area contributed by atoms with Crippen LogP contribution in [-0.4, -0.2) is 49.9 Å². The van der Waals surface area contributed by atoms with Gasteiger partial charge in [0.05, 0.1) is 0 Å². The van der Waals surface area contributed by atoms with Crippen molar-refractivity contribution >= 4 is 47.4 Å². The number of hydrogen-bond donors (Lipinski definition) is 1. The fourth-order valence-electron chi connectivity index (χ4n) is 2.62. The van der Waals surface area contributed by atoms with Gasteiger partial charge in [-0.05, 0) is 35.4 Å². The summed E-state index contributed by atoms with van der Waals surface area (Å²) in [6, 6.07) is 15.4. The van der Waals surface area contributed by atoms with E-state index in [9.17, 15) is 4.79 Å². The molecule has 1 N–H and O–H groups in total. The van der Waals surface area contributed by atoms with Crippen molar-refractivity contribution in [3.8, 4) is 0 Å². The molecule has 0 aliphatic carbocycles. The molecule has 5 nitrogen and oxygen atoms in total. The van der Waals surface area contributed by atoms with Gasteiger partial charge in [0.1, 0.15) is 0 Å². The third kappa shape index (κ3) is 7.03. The molecule has 0 aliphatic rings. The van der Waals surface area contributed by atoms with E-state index < -0.39 is 0 Å². The van der Waals surface area contributed by atoms with E-state index in [0.29, 0.717) is 18.7 Å². The Hall–Kier alpha value is -1.80. The Labute approximate surface area is 183 Å². The zero-order valence-electron chi connectivity index (χ0n) is 16.1. The molecule has 0 aliphatic heterocycles. The lowest BCUT2D eigenvalue weighted by Gasteiger charge is -2.22. The van der Waals surface area contributed by atoms with Gasteiger partial charge in [-0.25, -0.2) is 0 Å². The lowest BCUT2D eigenvalue weighted by molar-refractivity contribution is 0.0827. The predicted octanol–water partition coefficient (Wildman–Crippen LogP) is 3.87. The number of halogens is 2. The molecular weight excluding hydrogens is 475 g/mol. The molecular formula is C20H26ClIN4O. The predicted molar refractivity (Wildman–Crippen MR) is 123 cm³/mol. The van der Waals surface area contributed by atoms with Gasteiger partial charge < -0.3 is 15.1 Å². The van der Waals surface area contributed by atoms with Crippen LogP contribution in [0.3, 0.4) is 0 Å². The smallest absolute Gasteiger partial charge is 0.253 e. The zero-order valence-corrected chi connectivity index (χ0v) is 19.2. The average molecular weight is 501 g/mol. The Morgan fingerprint density at radius 1 is 1.07 bits per heavy atom. The molecule has 0 bridgehead atoms. The van der Waals surface area contributed by atoms with Crippen LogP contribution < -0.4 is 5.32 Å². The van der Waals surface area contributed by atoms with Crippen LogP contribution in [0.15, 0.2) is 53.5 Å². The molecule has 2 aromatic rings. The number of aliphatic imine (C=N–C) groups is 1. The summed E-state index contributed by atoms with van der Waals surface area (Å²) in [5, 5.41) is 4.06. The highest BCUT2D eigenvalue weighted by molar-refractivity contribution is 14.0. The lowest BCUT2D eigenvalue weighted by Crippen LogP contribution is -2.38. The van der Waals surface area contributed by atoms with Crippen molar-refractivity contribution < 1.29 is 4.79 Å². The average Bonchev–Trinajstić information content (AvgIpc) is 2.61. The second-order valence-electron chi connectivity index (χ2n) is 6.29. The van der Waals surface area contributed by atoms with E-state index in [1.165, 1.54) is 0 Å². The summed E-state index contributed by atoms with van der Waals surface area (Å²) < 4.78 is 0. The Morgan fingerprint density at radius 3 is 2.37 bits per heavy atom. The maximum atomic E-state index is 12.1. The Morgan fingerprint density at radius 2 is 1.74 bits per heavy atom. The minimum absolute atomic E-state index is 0. The van der Waals surface area contributed by atoms with Crippen LogP contribution in [0.2, 0.25) is 5.02 Å². The zero-order chi connectivity index (χ0) is 19.1. The van der Waals surface area contributed by atoms with Crippen molar-refractivity contribution in [2.24, 2.45) is 4.99 Å². The third-order valence-corrected chi connectivity index (χ3v) is 4.15. The van der Waals surface area contributed by atoms with E-state index in [2.05, 4.69) is 10.3 Å². The number of rotatable bonds is 5. The van der Waals surface area contributed by atoms with Crippen LogP contribution in [0.4, 0.5) is 0 Å². The minimum Gasteiger partial charge on any atom is -0.352 e. The van der Waals surface area contributed by atoms with Gasteiger partial charge in [-0.3, -0.25) is 9.79 Å². The molecule has 0 saturated heterocycles. The molecule has 2 aromatic carbocycles. The van der Waals surface area contributed by atoms with Crippen molar-refractivity contribution in [3.63, 3.8) is 0 Å². The highest BCUT2D eigenvalue weighted by Gasteiger charge is 2.10. The first kappa shape index (κ1) is 23.2. The summed E-state index contributed by atoms with van der Waals surface area (Å²) in [7, 11) is 7.23. The second-order valence-corrected chi connectivity index (χ2v) is 6.72. The molecule has 0 spiro atoms. The van der Waals surface area contributed by atoms with Gasteiger partial charge in [0.15, 0.2) is 5.96 Å². The summed E-state index contributed by atoms with van der Waals surface area (Å²) in [5.41, 5.74) is 2.81. The number of amides is 1. The van der Waals surface area contributed by atoms with Crippen molar-refractivity contribution in [2.75, 3.05) is 28.2 Å². The highest BCUT2D eigenvalue weighted by Crippen LogP contribution is 2.12. The summed E-state index contributed by atoms with van der Waals surface area (Å²) in [6.45, 7) is 1.28. The molecule has 27 heavy (non-hydrogen) atoms. The van der Waals surface area contributed by atoms with Gasteiger partial charge >= 0.3 is 0 Å². The molecule has 0 heterocycles. The molecule has 0 aromatic heterocycles. The van der Waals surface area contributed by atoms with E-state index in [4.69, 9.17) is 11.6 Å². The summed E-state index contributed by atoms with van der Waals surface area (Å²) in [4.78, 5) is 20.0. The number of benzene rings is 2. The number of nitrogens with one attached hydrogen (secondary N) is 1. The van der Waals surface area contributed by atoms with Crippen molar-refractivity contribution in [1.82, 2.24) is 15.1 Å². The van der Waals surface area contributed by atoms with Crippen molar-refractivity contribution in [3.05, 3.63) is 70.2 Å². The maximum absolute atomic E-state index is 12.1. The minimum atomic E-state index is -0.00527. The molecule has 0 saturated carbocycles. The van der Waals surface area contributed by atoms with Crippen LogP contribution in [0.5, 0.6) is 0 Å². The fourth-order valence-corrected chi connectivity index (χ4v) is 2.84. The van der Waals surface area contributed by atoms with Gasteiger partial charge in [-0.1, -0.05) is 35.9 Å². The van der Waals surface area contributed by atoms with Crippen LogP contribution >= 0.6 is 35.6 Å². The first-order valence-corrected chi connectivity index (χ1v) is 8.75. The van der Waals surface area contributed by atoms with E-state index in [0.717, 1.165) is 22.1 Å². The first-order chi connectivity index (χ1) is 12.4. The normalized spacial score (nSPS) is 10.8.